The van der Waals surface area contributed by atoms with E-state index in [9.17, 15) is 0 Å². The Bertz CT molecular complexity index is 431. The molecule has 72 valence electrons. The van der Waals surface area contributed by atoms with Crippen molar-refractivity contribution in [1.82, 2.24) is 4.98 Å². The molecule has 0 unspecified atom stereocenters. The van der Waals surface area contributed by atoms with E-state index in [2.05, 4.69) is 4.98 Å². The average Bonchev–Trinajstić information content (AvgIpc) is 2.28. The molecule has 3 heteroatoms. The van der Waals surface area contributed by atoms with Gasteiger partial charge in [0.1, 0.15) is 14.5 Å². The topological polar surface area (TPSA) is 22.1 Å². The Labute approximate surface area is 90.3 Å². The third-order valence-electron chi connectivity index (χ3n) is 1.97. The Balaban J connectivity index is 1.99. The first-order valence-electron chi connectivity index (χ1n) is 4.74. The maximum atomic E-state index is 5.54. The Morgan fingerprint density at radius 2 is 1.80 bits per heavy atom. The minimum absolute atomic E-state index is 0.473. The molecule has 0 aliphatic heterocycles. The third-order valence-corrected chi connectivity index (χ3v) is 1.97. The first-order valence-corrected chi connectivity index (χ1v) is 4.74. The van der Waals surface area contributed by atoms with Crippen molar-refractivity contribution >= 4 is 13.4 Å². The molecule has 0 fully saturated rings. The summed E-state index contributed by atoms with van der Waals surface area (Å²) in [5.74, 6) is 0.554. The average molecular weight is 195 g/mol. The highest BCUT2D eigenvalue weighted by Gasteiger charge is 1.96. The van der Waals surface area contributed by atoms with E-state index in [-0.39, 0.29) is 0 Å². The molecule has 0 saturated heterocycles. The highest BCUT2D eigenvalue weighted by molar-refractivity contribution is 6.30. The molecule has 2 aromatic rings. The normalized spacial score (nSPS) is 9.87. The lowest BCUT2D eigenvalue weighted by Crippen LogP contribution is -2.08. The van der Waals surface area contributed by atoms with Crippen LogP contribution in [0.4, 0.5) is 0 Å². The quantitative estimate of drug-likeness (QED) is 0.691. The van der Waals surface area contributed by atoms with Crippen LogP contribution in [0.5, 0.6) is 5.88 Å². The number of hydrogen-bond acceptors (Lipinski definition) is 2. The van der Waals surface area contributed by atoms with Gasteiger partial charge in [-0.1, -0.05) is 42.5 Å². The summed E-state index contributed by atoms with van der Waals surface area (Å²) < 4.78 is 5.48. The van der Waals surface area contributed by atoms with Crippen molar-refractivity contribution in [2.45, 2.75) is 6.61 Å². The fourth-order valence-corrected chi connectivity index (χ4v) is 1.24. The van der Waals surface area contributed by atoms with Crippen molar-refractivity contribution in [2.75, 3.05) is 0 Å². The van der Waals surface area contributed by atoms with Crippen LogP contribution >= 0.6 is 0 Å². The summed E-state index contributed by atoms with van der Waals surface area (Å²) in [5, 5.41) is 0. The van der Waals surface area contributed by atoms with E-state index in [1.54, 1.807) is 12.1 Å². The predicted molar refractivity (Wildman–Crippen MR) is 60.4 cm³/mol. The largest absolute Gasteiger partial charge is 0.473 e. The van der Waals surface area contributed by atoms with Gasteiger partial charge in [-0.05, 0) is 11.2 Å². The molecule has 0 amide bonds. The molecule has 0 aliphatic carbocycles. The first-order chi connectivity index (χ1) is 7.34. The van der Waals surface area contributed by atoms with Gasteiger partial charge in [-0.2, -0.15) is 0 Å². The van der Waals surface area contributed by atoms with E-state index in [0.29, 0.717) is 18.1 Å². The summed E-state index contributed by atoms with van der Waals surface area (Å²) in [6, 6.07) is 15.3. The minimum Gasteiger partial charge on any atom is -0.473 e. The number of aromatic nitrogens is 1. The van der Waals surface area contributed by atoms with E-state index >= 15 is 0 Å². The molecule has 0 saturated carbocycles. The Hall–Kier alpha value is -1.77. The fraction of sp³-hybridized carbons (Fsp3) is 0.0833. The summed E-state index contributed by atoms with van der Waals surface area (Å²) in [6.45, 7) is 0.511. The van der Waals surface area contributed by atoms with Crippen LogP contribution in [0.1, 0.15) is 5.56 Å². The van der Waals surface area contributed by atoms with Crippen molar-refractivity contribution in [2.24, 2.45) is 0 Å². The monoisotopic (exact) mass is 195 g/mol. The van der Waals surface area contributed by atoms with Gasteiger partial charge in [0, 0.05) is 6.07 Å². The van der Waals surface area contributed by atoms with Gasteiger partial charge in [-0.3, -0.25) is 0 Å². The molecule has 1 aromatic heterocycles. The minimum atomic E-state index is 0.473. The SMILES string of the molecule is [B]c1cccc(OCc2ccccc2)n1. The van der Waals surface area contributed by atoms with Crippen molar-refractivity contribution < 1.29 is 4.74 Å². The highest BCUT2D eigenvalue weighted by atomic mass is 16.5. The molecule has 0 N–H and O–H groups in total. The van der Waals surface area contributed by atoms with Crippen LogP contribution < -0.4 is 10.3 Å². The summed E-state index contributed by atoms with van der Waals surface area (Å²) in [7, 11) is 5.54. The standard InChI is InChI=1S/C12H10BNO/c13-11-7-4-8-12(14-11)15-9-10-5-2-1-3-6-10/h1-8H,9H2. The lowest BCUT2D eigenvalue weighted by molar-refractivity contribution is 0.294. The van der Waals surface area contributed by atoms with Crippen LogP contribution in [0.2, 0.25) is 0 Å². The van der Waals surface area contributed by atoms with Crippen molar-refractivity contribution in [1.29, 1.82) is 0 Å². The summed E-state index contributed by atoms with van der Waals surface area (Å²) >= 11 is 0. The second kappa shape index (κ2) is 4.64. The molecule has 1 heterocycles. The summed E-state index contributed by atoms with van der Waals surface area (Å²) in [4.78, 5) is 4.04. The zero-order valence-corrected chi connectivity index (χ0v) is 8.26. The molecule has 0 aliphatic rings. The Morgan fingerprint density at radius 3 is 2.53 bits per heavy atom. The van der Waals surface area contributed by atoms with Crippen LogP contribution in [0.3, 0.4) is 0 Å². The number of pyridine rings is 1. The van der Waals surface area contributed by atoms with E-state index in [1.807, 2.05) is 36.4 Å². The Kier molecular flexibility index (Phi) is 3.03. The second-order valence-corrected chi connectivity index (χ2v) is 3.17. The van der Waals surface area contributed by atoms with Crippen LogP contribution in [0, 0.1) is 0 Å². The molecular formula is C12H10BNO. The van der Waals surface area contributed by atoms with Crippen LogP contribution in [0.15, 0.2) is 48.5 Å². The van der Waals surface area contributed by atoms with Crippen molar-refractivity contribution in [3.8, 4) is 5.88 Å². The van der Waals surface area contributed by atoms with E-state index in [1.165, 1.54) is 0 Å². The van der Waals surface area contributed by atoms with Gasteiger partial charge >= 0.3 is 0 Å². The van der Waals surface area contributed by atoms with Gasteiger partial charge in [0.15, 0.2) is 0 Å². The van der Waals surface area contributed by atoms with Gasteiger partial charge in [0.05, 0.1) is 0 Å². The lowest BCUT2D eigenvalue weighted by Gasteiger charge is -2.05. The number of nitrogens with zero attached hydrogens (tertiary/aromatic N) is 1. The van der Waals surface area contributed by atoms with Crippen molar-refractivity contribution in [3.63, 3.8) is 0 Å². The second-order valence-electron chi connectivity index (χ2n) is 3.17. The van der Waals surface area contributed by atoms with Gasteiger partial charge in [-0.15, -0.1) is 0 Å². The number of ether oxygens (including phenoxy) is 1. The predicted octanol–water partition coefficient (Wildman–Crippen LogP) is 1.45. The molecule has 2 nitrogen and oxygen atoms in total. The fourth-order valence-electron chi connectivity index (χ4n) is 1.24. The van der Waals surface area contributed by atoms with E-state index in [4.69, 9.17) is 12.6 Å². The summed E-state index contributed by atoms with van der Waals surface area (Å²) in [6.07, 6.45) is 0. The third kappa shape index (κ3) is 2.84. The van der Waals surface area contributed by atoms with E-state index < -0.39 is 0 Å². The highest BCUT2D eigenvalue weighted by Crippen LogP contribution is 2.06. The van der Waals surface area contributed by atoms with Crippen LogP contribution in [0.25, 0.3) is 0 Å². The maximum Gasteiger partial charge on any atom is 0.212 e. The molecule has 2 radical (unpaired) electrons. The van der Waals surface area contributed by atoms with Gasteiger partial charge in [0.2, 0.25) is 5.88 Å². The smallest absolute Gasteiger partial charge is 0.212 e. The number of rotatable bonds is 3. The molecular weight excluding hydrogens is 185 g/mol. The maximum absolute atomic E-state index is 5.54. The first kappa shape index (κ1) is 9.78. The van der Waals surface area contributed by atoms with Crippen LogP contribution in [-0.2, 0) is 6.61 Å². The number of benzene rings is 1. The van der Waals surface area contributed by atoms with Gasteiger partial charge in [-0.25, -0.2) is 4.98 Å². The van der Waals surface area contributed by atoms with Crippen molar-refractivity contribution in [3.05, 3.63) is 54.1 Å². The Morgan fingerprint density at radius 1 is 1.00 bits per heavy atom. The number of hydrogen-bond donors (Lipinski definition) is 0. The molecule has 0 spiro atoms. The van der Waals surface area contributed by atoms with E-state index in [0.717, 1.165) is 5.56 Å². The lowest BCUT2D eigenvalue weighted by atomic mass is 10.0. The zero-order chi connectivity index (χ0) is 10.5. The zero-order valence-electron chi connectivity index (χ0n) is 8.26. The summed E-state index contributed by atoms with van der Waals surface area (Å²) in [5.41, 5.74) is 1.59. The molecule has 1 aromatic carbocycles. The van der Waals surface area contributed by atoms with Gasteiger partial charge in [0.25, 0.3) is 0 Å². The van der Waals surface area contributed by atoms with Gasteiger partial charge < -0.3 is 4.74 Å². The molecule has 2 rings (SSSR count). The molecule has 15 heavy (non-hydrogen) atoms. The molecule has 0 atom stereocenters. The molecule has 0 bridgehead atoms. The van der Waals surface area contributed by atoms with Crippen LogP contribution in [-0.4, -0.2) is 12.8 Å².